The monoisotopic (exact) mass is 432 g/mol. The number of nitrogens with zero attached hydrogens (tertiary/aromatic N) is 1. The second-order valence-corrected chi connectivity index (χ2v) is 9.96. The molecule has 166 valence electrons. The molecular formula is C25H37ClN2O2. The minimum atomic E-state index is -0.350. The third-order valence-electron chi connectivity index (χ3n) is 6.80. The van der Waals surface area contributed by atoms with E-state index in [2.05, 4.69) is 31.3 Å². The molecule has 0 spiro atoms. The number of halogens is 1. The molecule has 1 saturated carbocycles. The highest BCUT2D eigenvalue weighted by atomic mass is 35.5. The molecule has 0 bridgehead atoms. The van der Waals surface area contributed by atoms with Gasteiger partial charge in [-0.3, -0.25) is 9.59 Å². The normalized spacial score (nSPS) is 19.7. The molecule has 1 aromatic carbocycles. The van der Waals surface area contributed by atoms with E-state index in [1.807, 2.05) is 17.0 Å². The van der Waals surface area contributed by atoms with Crippen molar-refractivity contribution in [1.82, 2.24) is 10.2 Å². The van der Waals surface area contributed by atoms with Crippen LogP contribution >= 0.6 is 11.6 Å². The van der Waals surface area contributed by atoms with Crippen molar-refractivity contribution in [1.29, 1.82) is 0 Å². The summed E-state index contributed by atoms with van der Waals surface area (Å²) in [7, 11) is 0. The zero-order valence-electron chi connectivity index (χ0n) is 18.5. The van der Waals surface area contributed by atoms with Gasteiger partial charge in [0.25, 0.3) is 0 Å². The molecule has 0 aromatic heterocycles. The third-order valence-corrected chi connectivity index (χ3v) is 7.05. The highest BCUT2D eigenvalue weighted by Gasteiger charge is 2.35. The topological polar surface area (TPSA) is 49.4 Å². The second kappa shape index (κ2) is 11.2. The summed E-state index contributed by atoms with van der Waals surface area (Å²) >= 11 is 6.02. The predicted octanol–water partition coefficient (Wildman–Crippen LogP) is 5.55. The number of hydrogen-bond acceptors (Lipinski definition) is 2. The summed E-state index contributed by atoms with van der Waals surface area (Å²) < 4.78 is 0. The maximum absolute atomic E-state index is 13.5. The standard InChI is InChI=1S/C25H37ClN2O2/c1-18(2)8-13-23(29)27-24(21-6-4-3-5-7-21)25(30)28-16-14-20(15-17-28)19-9-11-22(26)12-10-19/h9-12,18,20-21,24H,3-8,13-17H2,1-2H3,(H,27,29). The first-order chi connectivity index (χ1) is 14.4. The van der Waals surface area contributed by atoms with Gasteiger partial charge in [-0.2, -0.15) is 0 Å². The van der Waals surface area contributed by atoms with Gasteiger partial charge in [0.1, 0.15) is 6.04 Å². The minimum Gasteiger partial charge on any atom is -0.344 e. The Morgan fingerprint density at radius 1 is 1.03 bits per heavy atom. The first-order valence-electron chi connectivity index (χ1n) is 11.8. The lowest BCUT2D eigenvalue weighted by molar-refractivity contribution is -0.139. The maximum atomic E-state index is 13.5. The Kier molecular flexibility index (Phi) is 8.61. The Labute approximate surface area is 186 Å². The van der Waals surface area contributed by atoms with Crippen molar-refractivity contribution in [3.8, 4) is 0 Å². The first-order valence-corrected chi connectivity index (χ1v) is 12.2. The molecule has 1 heterocycles. The van der Waals surface area contributed by atoms with Crippen LogP contribution in [0.3, 0.4) is 0 Å². The van der Waals surface area contributed by atoms with Crippen LogP contribution in [0.15, 0.2) is 24.3 Å². The van der Waals surface area contributed by atoms with Crippen LogP contribution in [0.4, 0.5) is 0 Å². The molecule has 1 N–H and O–H groups in total. The summed E-state index contributed by atoms with van der Waals surface area (Å²) in [6.45, 7) is 5.78. The number of hydrogen-bond donors (Lipinski definition) is 1. The van der Waals surface area contributed by atoms with Gasteiger partial charge in [-0.05, 0) is 67.6 Å². The van der Waals surface area contributed by atoms with E-state index in [9.17, 15) is 9.59 Å². The SMILES string of the molecule is CC(C)CCC(=O)NC(C(=O)N1CCC(c2ccc(Cl)cc2)CC1)C1CCCCC1. The van der Waals surface area contributed by atoms with Crippen LogP contribution in [0.1, 0.15) is 83.1 Å². The molecule has 1 aliphatic heterocycles. The van der Waals surface area contributed by atoms with E-state index in [0.29, 0.717) is 18.3 Å². The zero-order chi connectivity index (χ0) is 21.5. The van der Waals surface area contributed by atoms with Crippen LogP contribution in [0.25, 0.3) is 0 Å². The lowest BCUT2D eigenvalue weighted by Crippen LogP contribution is -2.54. The molecule has 1 unspecified atom stereocenters. The van der Waals surface area contributed by atoms with E-state index in [1.54, 1.807) is 0 Å². The molecule has 1 saturated heterocycles. The molecule has 1 aliphatic carbocycles. The Morgan fingerprint density at radius 3 is 2.27 bits per heavy atom. The average Bonchev–Trinajstić information content (AvgIpc) is 2.77. The summed E-state index contributed by atoms with van der Waals surface area (Å²) in [6, 6.07) is 7.74. The quantitative estimate of drug-likeness (QED) is 0.614. The summed E-state index contributed by atoms with van der Waals surface area (Å²) in [5.74, 6) is 1.41. The number of piperidine rings is 1. The van der Waals surface area contributed by atoms with Gasteiger partial charge in [-0.15, -0.1) is 0 Å². The van der Waals surface area contributed by atoms with Crippen molar-refractivity contribution in [2.45, 2.75) is 83.6 Å². The Morgan fingerprint density at radius 2 is 1.67 bits per heavy atom. The van der Waals surface area contributed by atoms with Gasteiger partial charge in [0.2, 0.25) is 11.8 Å². The lowest BCUT2D eigenvalue weighted by atomic mass is 9.82. The van der Waals surface area contributed by atoms with Gasteiger partial charge in [0, 0.05) is 24.5 Å². The van der Waals surface area contributed by atoms with Gasteiger partial charge in [0.15, 0.2) is 0 Å². The molecule has 2 fully saturated rings. The highest BCUT2D eigenvalue weighted by Crippen LogP contribution is 2.31. The summed E-state index contributed by atoms with van der Waals surface area (Å²) in [6.07, 6.45) is 8.95. The van der Waals surface area contributed by atoms with Crippen molar-refractivity contribution in [2.24, 2.45) is 11.8 Å². The number of amides is 2. The minimum absolute atomic E-state index is 0.0312. The fourth-order valence-electron chi connectivity index (χ4n) is 4.88. The molecule has 3 rings (SSSR count). The number of rotatable bonds is 7. The zero-order valence-corrected chi connectivity index (χ0v) is 19.3. The van der Waals surface area contributed by atoms with Crippen molar-refractivity contribution in [3.05, 3.63) is 34.9 Å². The Hall–Kier alpha value is -1.55. The van der Waals surface area contributed by atoms with Gasteiger partial charge in [-0.1, -0.05) is 56.8 Å². The molecule has 30 heavy (non-hydrogen) atoms. The molecule has 5 heteroatoms. The fraction of sp³-hybridized carbons (Fsp3) is 0.680. The Balaban J connectivity index is 1.60. The van der Waals surface area contributed by atoms with Gasteiger partial charge in [0.05, 0.1) is 0 Å². The van der Waals surface area contributed by atoms with Crippen molar-refractivity contribution in [3.63, 3.8) is 0 Å². The first kappa shape index (κ1) is 23.1. The van der Waals surface area contributed by atoms with Gasteiger partial charge in [-0.25, -0.2) is 0 Å². The molecule has 1 aromatic rings. The highest BCUT2D eigenvalue weighted by molar-refractivity contribution is 6.30. The molecule has 2 amide bonds. The van der Waals surface area contributed by atoms with Crippen LogP contribution in [0.5, 0.6) is 0 Å². The Bertz CT molecular complexity index is 690. The lowest BCUT2D eigenvalue weighted by Gasteiger charge is -2.37. The van der Waals surface area contributed by atoms with Crippen molar-refractivity contribution < 1.29 is 9.59 Å². The van der Waals surface area contributed by atoms with Crippen LogP contribution in [0, 0.1) is 11.8 Å². The van der Waals surface area contributed by atoms with Crippen LogP contribution in [0.2, 0.25) is 5.02 Å². The van der Waals surface area contributed by atoms with Crippen molar-refractivity contribution >= 4 is 23.4 Å². The van der Waals surface area contributed by atoms with Gasteiger partial charge < -0.3 is 10.2 Å². The van der Waals surface area contributed by atoms with E-state index >= 15 is 0 Å². The smallest absolute Gasteiger partial charge is 0.245 e. The molecule has 4 nitrogen and oxygen atoms in total. The number of carbonyl (C=O) groups is 2. The second-order valence-electron chi connectivity index (χ2n) is 9.53. The van der Waals surface area contributed by atoms with E-state index in [1.165, 1.54) is 12.0 Å². The molecule has 0 radical (unpaired) electrons. The number of carbonyl (C=O) groups excluding carboxylic acids is 2. The fourth-order valence-corrected chi connectivity index (χ4v) is 5.00. The van der Waals surface area contributed by atoms with E-state index < -0.39 is 0 Å². The predicted molar refractivity (Wildman–Crippen MR) is 123 cm³/mol. The summed E-state index contributed by atoms with van der Waals surface area (Å²) in [5, 5.41) is 3.90. The largest absolute Gasteiger partial charge is 0.344 e. The summed E-state index contributed by atoms with van der Waals surface area (Å²) in [4.78, 5) is 28.0. The van der Waals surface area contributed by atoms with Gasteiger partial charge >= 0.3 is 0 Å². The van der Waals surface area contributed by atoms with Crippen molar-refractivity contribution in [2.75, 3.05) is 13.1 Å². The average molecular weight is 433 g/mol. The van der Waals surface area contributed by atoms with Crippen LogP contribution in [-0.4, -0.2) is 35.8 Å². The molecule has 1 atom stereocenters. The number of likely N-dealkylation sites (tertiary alicyclic amines) is 1. The number of nitrogens with one attached hydrogen (secondary N) is 1. The third kappa shape index (κ3) is 6.47. The maximum Gasteiger partial charge on any atom is 0.245 e. The van der Waals surface area contributed by atoms with Crippen LogP contribution < -0.4 is 5.32 Å². The number of benzene rings is 1. The van der Waals surface area contributed by atoms with E-state index in [0.717, 1.165) is 63.1 Å². The van der Waals surface area contributed by atoms with Crippen LogP contribution in [-0.2, 0) is 9.59 Å². The molecule has 2 aliphatic rings. The van der Waals surface area contributed by atoms with E-state index in [-0.39, 0.29) is 23.8 Å². The molecular weight excluding hydrogens is 396 g/mol. The van der Waals surface area contributed by atoms with E-state index in [4.69, 9.17) is 11.6 Å². The summed E-state index contributed by atoms with van der Waals surface area (Å²) in [5.41, 5.74) is 1.30.